The molecule has 0 radical (unpaired) electrons. The van der Waals surface area contributed by atoms with Gasteiger partial charge < -0.3 is 10.2 Å². The van der Waals surface area contributed by atoms with Crippen molar-refractivity contribution in [3.63, 3.8) is 0 Å². The first-order valence-electron chi connectivity index (χ1n) is 9.01. The van der Waals surface area contributed by atoms with E-state index in [1.165, 1.54) is 19.0 Å². The largest absolute Gasteiger partial charge is 0.331 e. The highest BCUT2D eigenvalue weighted by molar-refractivity contribution is 6.06. The van der Waals surface area contributed by atoms with E-state index < -0.39 is 5.91 Å². The van der Waals surface area contributed by atoms with Gasteiger partial charge in [0.25, 0.3) is 11.5 Å². The molecule has 0 atom stereocenters. The molecule has 2 aromatic carbocycles. The maximum absolute atomic E-state index is 12.9. The minimum atomic E-state index is -0.425. The van der Waals surface area contributed by atoms with Crippen LogP contribution in [0.4, 0.5) is 5.69 Å². The normalized spacial score (nSPS) is 10.7. The first kappa shape index (κ1) is 19.3. The van der Waals surface area contributed by atoms with E-state index in [0.717, 1.165) is 22.4 Å². The van der Waals surface area contributed by atoms with Crippen LogP contribution in [0.1, 0.15) is 23.0 Å². The topological polar surface area (TPSA) is 84.3 Å². The number of carbonyl (C=O) groups is 2. The van der Waals surface area contributed by atoms with Crippen molar-refractivity contribution in [3.05, 3.63) is 70.1 Å². The third-order valence-electron chi connectivity index (χ3n) is 4.56. The Morgan fingerprint density at radius 2 is 1.71 bits per heavy atom. The Labute approximate surface area is 162 Å². The van der Waals surface area contributed by atoms with Gasteiger partial charge in [-0.25, -0.2) is 4.68 Å². The summed E-state index contributed by atoms with van der Waals surface area (Å²) in [7, 11) is 3.04. The molecule has 144 valence electrons. The number of nitrogens with zero attached hydrogens (tertiary/aromatic N) is 3. The van der Waals surface area contributed by atoms with E-state index in [9.17, 15) is 14.4 Å². The summed E-state index contributed by atoms with van der Waals surface area (Å²) in [4.78, 5) is 38.9. The molecule has 1 heterocycles. The van der Waals surface area contributed by atoms with E-state index in [1.54, 1.807) is 24.3 Å². The van der Waals surface area contributed by atoms with Crippen molar-refractivity contribution >= 4 is 28.3 Å². The number of likely N-dealkylation sites (N-methyl/N-ethyl adjacent to an activating group) is 1. The van der Waals surface area contributed by atoms with Crippen molar-refractivity contribution in [1.82, 2.24) is 14.7 Å². The Bertz CT molecular complexity index is 1100. The van der Waals surface area contributed by atoms with Crippen LogP contribution in [-0.2, 0) is 18.3 Å². The predicted molar refractivity (Wildman–Crippen MR) is 108 cm³/mol. The monoisotopic (exact) mass is 378 g/mol. The van der Waals surface area contributed by atoms with Crippen LogP contribution in [-0.4, -0.2) is 40.1 Å². The molecular formula is C21H22N4O3. The van der Waals surface area contributed by atoms with Gasteiger partial charge in [-0.05, 0) is 24.1 Å². The van der Waals surface area contributed by atoms with E-state index in [4.69, 9.17) is 0 Å². The van der Waals surface area contributed by atoms with Gasteiger partial charge in [0.15, 0.2) is 5.69 Å². The van der Waals surface area contributed by atoms with Gasteiger partial charge in [-0.1, -0.05) is 43.3 Å². The molecule has 0 bridgehead atoms. The minimum absolute atomic E-state index is 0.129. The quantitative estimate of drug-likeness (QED) is 0.738. The van der Waals surface area contributed by atoms with Crippen LogP contribution in [0.5, 0.6) is 0 Å². The van der Waals surface area contributed by atoms with Crippen molar-refractivity contribution < 1.29 is 9.59 Å². The zero-order chi connectivity index (χ0) is 20.3. The molecule has 2 amide bonds. The van der Waals surface area contributed by atoms with Crippen molar-refractivity contribution in [1.29, 1.82) is 0 Å². The lowest BCUT2D eigenvalue weighted by Crippen LogP contribution is -2.36. The summed E-state index contributed by atoms with van der Waals surface area (Å²) >= 11 is 0. The van der Waals surface area contributed by atoms with Gasteiger partial charge >= 0.3 is 0 Å². The minimum Gasteiger partial charge on any atom is -0.331 e. The summed E-state index contributed by atoms with van der Waals surface area (Å²) in [6.07, 6.45) is 0.791. The molecule has 7 heteroatoms. The fraction of sp³-hybridized carbons (Fsp3) is 0.238. The zero-order valence-corrected chi connectivity index (χ0v) is 16.1. The Balaban J connectivity index is 1.82. The molecule has 0 aliphatic carbocycles. The number of nitrogens with one attached hydrogen (secondary N) is 1. The lowest BCUT2D eigenvalue weighted by atomic mass is 10.1. The lowest BCUT2D eigenvalue weighted by Gasteiger charge is -2.18. The summed E-state index contributed by atoms with van der Waals surface area (Å²) in [5.41, 5.74) is 1.63. The molecule has 1 N–H and O–H groups in total. The Morgan fingerprint density at radius 3 is 2.43 bits per heavy atom. The van der Waals surface area contributed by atoms with Crippen molar-refractivity contribution in [2.75, 3.05) is 18.9 Å². The van der Waals surface area contributed by atoms with Gasteiger partial charge in [-0.3, -0.25) is 14.4 Å². The average molecular weight is 378 g/mol. The van der Waals surface area contributed by atoms with Gasteiger partial charge in [-0.2, -0.15) is 5.10 Å². The second kappa shape index (κ2) is 8.04. The van der Waals surface area contributed by atoms with Crippen LogP contribution in [0.2, 0.25) is 0 Å². The maximum atomic E-state index is 12.9. The van der Waals surface area contributed by atoms with Crippen LogP contribution < -0.4 is 10.9 Å². The van der Waals surface area contributed by atoms with E-state index in [2.05, 4.69) is 10.4 Å². The zero-order valence-electron chi connectivity index (χ0n) is 16.1. The van der Waals surface area contributed by atoms with Crippen molar-refractivity contribution in [2.24, 2.45) is 7.05 Å². The summed E-state index contributed by atoms with van der Waals surface area (Å²) in [5, 5.41) is 7.86. The number of hydrogen-bond acceptors (Lipinski definition) is 4. The second-order valence-electron chi connectivity index (χ2n) is 6.54. The molecule has 0 spiro atoms. The molecule has 0 unspecified atom stereocenters. The smallest absolute Gasteiger partial charge is 0.275 e. The Morgan fingerprint density at radius 1 is 1.07 bits per heavy atom. The summed E-state index contributed by atoms with van der Waals surface area (Å²) in [6.45, 7) is 1.88. The number of aryl methyl sites for hydroxylation is 2. The standard InChI is InChI=1S/C21H22N4O3/c1-4-14-9-5-8-12-17(14)22-18(26)13-24(2)21(28)19-15-10-6-7-11-16(15)20(27)25(3)23-19/h5-12H,4,13H2,1-3H3,(H,22,26). The average Bonchev–Trinajstić information content (AvgIpc) is 2.70. The van der Waals surface area contributed by atoms with Crippen LogP contribution >= 0.6 is 0 Å². The predicted octanol–water partition coefficient (Wildman–Crippen LogP) is 2.21. The number of hydrogen-bond donors (Lipinski definition) is 1. The molecule has 0 aliphatic heterocycles. The van der Waals surface area contributed by atoms with Gasteiger partial charge in [0, 0.05) is 25.2 Å². The molecular weight excluding hydrogens is 356 g/mol. The SMILES string of the molecule is CCc1ccccc1NC(=O)CN(C)C(=O)c1nn(C)c(=O)c2ccccc12. The van der Waals surface area contributed by atoms with Crippen LogP contribution in [0.25, 0.3) is 10.8 Å². The maximum Gasteiger partial charge on any atom is 0.275 e. The second-order valence-corrected chi connectivity index (χ2v) is 6.54. The third-order valence-corrected chi connectivity index (χ3v) is 4.56. The van der Waals surface area contributed by atoms with E-state index in [-0.39, 0.29) is 23.7 Å². The number of fused-ring (bicyclic) bond motifs is 1. The molecule has 28 heavy (non-hydrogen) atoms. The van der Waals surface area contributed by atoms with Gasteiger partial charge in [-0.15, -0.1) is 0 Å². The third kappa shape index (κ3) is 3.78. The number of anilines is 1. The Kier molecular flexibility index (Phi) is 5.54. The number of amides is 2. The molecule has 0 saturated carbocycles. The highest BCUT2D eigenvalue weighted by Crippen LogP contribution is 2.16. The fourth-order valence-electron chi connectivity index (χ4n) is 3.07. The highest BCUT2D eigenvalue weighted by Gasteiger charge is 2.21. The fourth-order valence-corrected chi connectivity index (χ4v) is 3.07. The van der Waals surface area contributed by atoms with Crippen LogP contribution in [0, 0.1) is 0 Å². The van der Waals surface area contributed by atoms with Gasteiger partial charge in [0.2, 0.25) is 5.91 Å². The molecule has 3 aromatic rings. The van der Waals surface area contributed by atoms with Gasteiger partial charge in [0.1, 0.15) is 0 Å². The summed E-state index contributed by atoms with van der Waals surface area (Å²) in [5.74, 6) is -0.725. The molecule has 0 saturated heterocycles. The van der Waals surface area contributed by atoms with Crippen LogP contribution in [0.15, 0.2) is 53.3 Å². The molecule has 1 aromatic heterocycles. The first-order chi connectivity index (χ1) is 13.4. The highest BCUT2D eigenvalue weighted by atomic mass is 16.2. The molecule has 3 rings (SSSR count). The Hall–Kier alpha value is -3.48. The molecule has 0 fully saturated rings. The number of benzene rings is 2. The van der Waals surface area contributed by atoms with Gasteiger partial charge in [0.05, 0.1) is 11.9 Å². The van der Waals surface area contributed by atoms with E-state index >= 15 is 0 Å². The number of rotatable bonds is 5. The number of carbonyl (C=O) groups excluding carboxylic acids is 2. The van der Waals surface area contributed by atoms with Crippen molar-refractivity contribution in [2.45, 2.75) is 13.3 Å². The summed E-state index contributed by atoms with van der Waals surface area (Å²) < 4.78 is 1.14. The van der Waals surface area contributed by atoms with Crippen LogP contribution in [0.3, 0.4) is 0 Å². The number of para-hydroxylation sites is 1. The van der Waals surface area contributed by atoms with Crippen molar-refractivity contribution in [3.8, 4) is 0 Å². The van der Waals surface area contributed by atoms with E-state index in [0.29, 0.717) is 10.8 Å². The molecule has 7 nitrogen and oxygen atoms in total. The number of aromatic nitrogens is 2. The first-order valence-corrected chi connectivity index (χ1v) is 9.01. The molecule has 0 aliphatic rings. The summed E-state index contributed by atoms with van der Waals surface area (Å²) in [6, 6.07) is 14.4. The van der Waals surface area contributed by atoms with E-state index in [1.807, 2.05) is 31.2 Å². The lowest BCUT2D eigenvalue weighted by molar-refractivity contribution is -0.116.